The Hall–Kier alpha value is -0.650. The average molecular weight is 253 g/mol. The van der Waals surface area contributed by atoms with Crippen LogP contribution in [0.3, 0.4) is 0 Å². The van der Waals surface area contributed by atoms with Crippen molar-refractivity contribution >= 4 is 12.2 Å². The summed E-state index contributed by atoms with van der Waals surface area (Å²) in [5, 5.41) is 9.35. The Morgan fingerprint density at radius 2 is 2.24 bits per heavy atom. The number of imidazole rings is 1. The van der Waals surface area contributed by atoms with E-state index in [9.17, 15) is 5.11 Å². The largest absolute Gasteiger partial charge is 0.390 e. The van der Waals surface area contributed by atoms with Crippen LogP contribution in [0, 0.1) is 4.77 Å². The first-order chi connectivity index (χ1) is 8.29. The fourth-order valence-corrected chi connectivity index (χ4v) is 3.70. The highest BCUT2D eigenvalue weighted by molar-refractivity contribution is 7.71. The van der Waals surface area contributed by atoms with Crippen LogP contribution in [0.5, 0.6) is 0 Å². The number of aromatic nitrogens is 2. The van der Waals surface area contributed by atoms with E-state index < -0.39 is 0 Å². The predicted molar refractivity (Wildman–Crippen MR) is 68.4 cm³/mol. The molecule has 0 saturated carbocycles. The van der Waals surface area contributed by atoms with Crippen LogP contribution in [0.25, 0.3) is 0 Å². The molecule has 2 atom stereocenters. The third-order valence-electron chi connectivity index (χ3n) is 4.21. The monoisotopic (exact) mass is 253 g/mol. The molecule has 0 aromatic carbocycles. The molecular formula is C12H19N3OS. The number of H-pyrrole nitrogens is 1. The molecule has 5 heteroatoms. The van der Waals surface area contributed by atoms with Crippen LogP contribution in [0.2, 0.25) is 0 Å². The van der Waals surface area contributed by atoms with Crippen LogP contribution in [0.4, 0.5) is 0 Å². The van der Waals surface area contributed by atoms with E-state index in [1.165, 1.54) is 32.4 Å². The molecule has 3 rings (SSSR count). The van der Waals surface area contributed by atoms with Gasteiger partial charge >= 0.3 is 0 Å². The van der Waals surface area contributed by atoms with Gasteiger partial charge in [0, 0.05) is 24.8 Å². The second-order valence-electron chi connectivity index (χ2n) is 5.12. The van der Waals surface area contributed by atoms with Gasteiger partial charge in [0.15, 0.2) is 4.77 Å². The average Bonchev–Trinajstić information content (AvgIpc) is 2.93. The molecule has 0 bridgehead atoms. The van der Waals surface area contributed by atoms with Crippen molar-refractivity contribution in [1.29, 1.82) is 0 Å². The van der Waals surface area contributed by atoms with Gasteiger partial charge < -0.3 is 19.6 Å². The quantitative estimate of drug-likeness (QED) is 0.790. The summed E-state index contributed by atoms with van der Waals surface area (Å²) in [6.07, 6.45) is 6.82. The molecule has 3 heterocycles. The minimum absolute atomic E-state index is 0.0675. The van der Waals surface area contributed by atoms with Crippen LogP contribution >= 0.6 is 12.2 Å². The van der Waals surface area contributed by atoms with Gasteiger partial charge in [-0.1, -0.05) is 0 Å². The van der Waals surface area contributed by atoms with Gasteiger partial charge in [-0.2, -0.15) is 0 Å². The number of nitrogens with one attached hydrogen (secondary N) is 1. The summed E-state index contributed by atoms with van der Waals surface area (Å²) in [5.41, 5.74) is 0.923. The van der Waals surface area contributed by atoms with Gasteiger partial charge in [0.1, 0.15) is 0 Å². The highest BCUT2D eigenvalue weighted by Gasteiger charge is 2.33. The van der Waals surface area contributed by atoms with E-state index in [-0.39, 0.29) is 6.61 Å². The van der Waals surface area contributed by atoms with E-state index in [4.69, 9.17) is 12.2 Å². The maximum absolute atomic E-state index is 9.35. The number of nitrogens with zero attached hydrogens (tertiary/aromatic N) is 2. The van der Waals surface area contributed by atoms with E-state index in [0.29, 0.717) is 6.04 Å². The summed E-state index contributed by atoms with van der Waals surface area (Å²) in [6.45, 7) is 2.51. The van der Waals surface area contributed by atoms with Crippen LogP contribution < -0.4 is 0 Å². The van der Waals surface area contributed by atoms with E-state index >= 15 is 0 Å². The van der Waals surface area contributed by atoms with E-state index in [2.05, 4.69) is 14.5 Å². The van der Waals surface area contributed by atoms with Crippen LogP contribution in [0.15, 0.2) is 6.20 Å². The lowest BCUT2D eigenvalue weighted by atomic mass is 9.97. The highest BCUT2D eigenvalue weighted by Crippen LogP contribution is 2.33. The number of aliphatic hydroxyl groups is 1. The Labute approximate surface area is 106 Å². The van der Waals surface area contributed by atoms with Gasteiger partial charge in [-0.05, 0) is 44.4 Å². The number of rotatable bonds is 2. The second kappa shape index (κ2) is 4.55. The van der Waals surface area contributed by atoms with Crippen molar-refractivity contribution in [3.63, 3.8) is 0 Å². The Morgan fingerprint density at radius 1 is 1.35 bits per heavy atom. The SMILES string of the molecule is OCc1c[nH]c(=S)n1C1CCN2CCCC2C1. The molecule has 1 aromatic rings. The molecule has 1 aromatic heterocycles. The Morgan fingerprint density at radius 3 is 3.06 bits per heavy atom. The molecule has 2 aliphatic rings. The first-order valence-electron chi connectivity index (χ1n) is 6.43. The lowest BCUT2D eigenvalue weighted by Gasteiger charge is -2.35. The Bertz CT molecular complexity index is 453. The molecule has 2 aliphatic heterocycles. The predicted octanol–water partition coefficient (Wildman–Crippen LogP) is 1.84. The lowest BCUT2D eigenvalue weighted by Crippen LogP contribution is -2.39. The van der Waals surface area contributed by atoms with Gasteiger partial charge in [-0.25, -0.2) is 0 Å². The molecule has 0 amide bonds. The topological polar surface area (TPSA) is 44.2 Å². The van der Waals surface area contributed by atoms with Gasteiger partial charge in [-0.3, -0.25) is 0 Å². The minimum atomic E-state index is 0.0675. The van der Waals surface area contributed by atoms with E-state index in [1.807, 2.05) is 6.20 Å². The summed E-state index contributed by atoms with van der Waals surface area (Å²) >= 11 is 5.32. The maximum atomic E-state index is 9.35. The zero-order valence-electron chi connectivity index (χ0n) is 9.93. The molecule has 2 saturated heterocycles. The molecule has 2 fully saturated rings. The maximum Gasteiger partial charge on any atom is 0.177 e. The van der Waals surface area contributed by atoms with Gasteiger partial charge in [0.25, 0.3) is 0 Å². The molecule has 17 heavy (non-hydrogen) atoms. The minimum Gasteiger partial charge on any atom is -0.390 e. The van der Waals surface area contributed by atoms with Gasteiger partial charge in [0.05, 0.1) is 12.3 Å². The van der Waals surface area contributed by atoms with Crippen LogP contribution in [-0.4, -0.2) is 38.7 Å². The fourth-order valence-electron chi connectivity index (χ4n) is 3.37. The number of fused-ring (bicyclic) bond motifs is 1. The summed E-state index contributed by atoms with van der Waals surface area (Å²) in [4.78, 5) is 5.65. The summed E-state index contributed by atoms with van der Waals surface area (Å²) in [5.74, 6) is 0. The first kappa shape index (κ1) is 11.4. The number of hydrogen-bond donors (Lipinski definition) is 2. The van der Waals surface area contributed by atoms with E-state index in [0.717, 1.165) is 22.9 Å². The van der Waals surface area contributed by atoms with Crippen molar-refractivity contribution < 1.29 is 5.11 Å². The van der Waals surface area contributed by atoms with Crippen molar-refractivity contribution in [1.82, 2.24) is 14.5 Å². The van der Waals surface area contributed by atoms with Crippen molar-refractivity contribution in [2.75, 3.05) is 13.1 Å². The zero-order valence-corrected chi connectivity index (χ0v) is 10.7. The molecule has 0 spiro atoms. The molecule has 2 unspecified atom stereocenters. The van der Waals surface area contributed by atoms with Gasteiger partial charge in [0.2, 0.25) is 0 Å². The van der Waals surface area contributed by atoms with Crippen LogP contribution in [0.1, 0.15) is 37.4 Å². The van der Waals surface area contributed by atoms with Crippen molar-refractivity contribution in [3.05, 3.63) is 16.7 Å². The van der Waals surface area contributed by atoms with E-state index in [1.54, 1.807) is 0 Å². The Kier molecular flexibility index (Phi) is 3.06. The van der Waals surface area contributed by atoms with Crippen LogP contribution in [-0.2, 0) is 6.61 Å². The fraction of sp³-hybridized carbons (Fsp3) is 0.750. The van der Waals surface area contributed by atoms with Crippen molar-refractivity contribution in [3.8, 4) is 0 Å². The highest BCUT2D eigenvalue weighted by atomic mass is 32.1. The van der Waals surface area contributed by atoms with Gasteiger partial charge in [-0.15, -0.1) is 0 Å². The lowest BCUT2D eigenvalue weighted by molar-refractivity contribution is 0.150. The summed E-state index contributed by atoms with van der Waals surface area (Å²) < 4.78 is 2.89. The second-order valence-corrected chi connectivity index (χ2v) is 5.51. The number of aliphatic hydroxyl groups excluding tert-OH is 1. The molecule has 4 nitrogen and oxygen atoms in total. The molecule has 0 aliphatic carbocycles. The van der Waals surface area contributed by atoms with Crippen molar-refractivity contribution in [2.45, 2.75) is 44.4 Å². The number of piperidine rings is 1. The summed E-state index contributed by atoms with van der Waals surface area (Å²) in [6, 6.07) is 1.20. The summed E-state index contributed by atoms with van der Waals surface area (Å²) in [7, 11) is 0. The van der Waals surface area contributed by atoms with Crippen molar-refractivity contribution in [2.24, 2.45) is 0 Å². The smallest absolute Gasteiger partial charge is 0.177 e. The zero-order chi connectivity index (χ0) is 11.8. The molecule has 0 radical (unpaired) electrons. The normalized spacial score (nSPS) is 29.5. The molecule has 2 N–H and O–H groups in total. The first-order valence-corrected chi connectivity index (χ1v) is 6.84. The Balaban J connectivity index is 1.84. The molecule has 94 valence electrons. The number of hydrogen-bond acceptors (Lipinski definition) is 3. The third kappa shape index (κ3) is 1.96. The third-order valence-corrected chi connectivity index (χ3v) is 4.52. The molecular weight excluding hydrogens is 234 g/mol. The number of aromatic amines is 1. The standard InChI is InChI=1S/C12H19N3OS/c16-8-11-7-13-12(17)15(11)10-3-5-14-4-1-2-9(14)6-10/h7,9-10,16H,1-6,8H2,(H,13,17).